The van der Waals surface area contributed by atoms with Crippen LogP contribution in [-0.2, 0) is 0 Å². The van der Waals surface area contributed by atoms with E-state index in [4.69, 9.17) is 11.6 Å². The third-order valence-electron chi connectivity index (χ3n) is 4.34. The van der Waals surface area contributed by atoms with E-state index in [0.717, 1.165) is 0 Å². The molecule has 4 rings (SSSR count). The summed E-state index contributed by atoms with van der Waals surface area (Å²) in [5, 5.41) is 22.0. The third-order valence-corrected chi connectivity index (χ3v) is 4.58. The summed E-state index contributed by atoms with van der Waals surface area (Å²) in [7, 11) is 0. The van der Waals surface area contributed by atoms with Crippen LogP contribution in [0.25, 0.3) is 16.5 Å². The van der Waals surface area contributed by atoms with Gasteiger partial charge >= 0.3 is 0 Å². The van der Waals surface area contributed by atoms with E-state index in [1.807, 2.05) is 0 Å². The summed E-state index contributed by atoms with van der Waals surface area (Å²) < 4.78 is 1.21. The van der Waals surface area contributed by atoms with Gasteiger partial charge in [-0.1, -0.05) is 41.9 Å². The Morgan fingerprint density at radius 3 is 2.39 bits per heavy atom. The van der Waals surface area contributed by atoms with Crippen LogP contribution >= 0.6 is 11.6 Å². The van der Waals surface area contributed by atoms with Crippen molar-refractivity contribution in [2.75, 3.05) is 0 Å². The largest absolute Gasteiger partial charge is 0.508 e. The Labute approximate surface area is 165 Å². The Balaban J connectivity index is 1.99. The van der Waals surface area contributed by atoms with E-state index in [9.17, 15) is 15.0 Å². The molecule has 138 valence electrons. The normalized spacial score (nSPS) is 11.3. The van der Waals surface area contributed by atoms with Gasteiger partial charge in [0.2, 0.25) is 5.88 Å². The zero-order valence-electron chi connectivity index (χ0n) is 14.6. The average molecular weight is 391 g/mol. The maximum absolute atomic E-state index is 13.0. The van der Waals surface area contributed by atoms with Gasteiger partial charge in [-0.2, -0.15) is 0 Å². The standard InChI is InChI=1S/C22H15ClN2O3/c23-14-5-3-7-16(11-14)25-21(27)19-10-2-1-9-18(19)20(22(25)28)13-24-15-6-4-8-17(26)12-15/h1-13,26,28H. The lowest BCUT2D eigenvalue weighted by Crippen LogP contribution is -2.20. The minimum Gasteiger partial charge on any atom is -0.508 e. The summed E-state index contributed by atoms with van der Waals surface area (Å²) in [5.41, 5.74) is 1.00. The fraction of sp³-hybridized carbons (Fsp3) is 0. The van der Waals surface area contributed by atoms with Crippen molar-refractivity contribution >= 4 is 34.3 Å². The lowest BCUT2D eigenvalue weighted by Gasteiger charge is -2.14. The molecule has 0 amide bonds. The molecule has 2 N–H and O–H groups in total. The van der Waals surface area contributed by atoms with Gasteiger partial charge in [0.15, 0.2) is 0 Å². The van der Waals surface area contributed by atoms with E-state index in [-0.39, 0.29) is 17.2 Å². The van der Waals surface area contributed by atoms with E-state index < -0.39 is 0 Å². The van der Waals surface area contributed by atoms with Crippen molar-refractivity contribution < 1.29 is 10.2 Å². The maximum atomic E-state index is 13.0. The Kier molecular flexibility index (Phi) is 4.59. The zero-order valence-corrected chi connectivity index (χ0v) is 15.3. The Bertz CT molecular complexity index is 1280. The van der Waals surface area contributed by atoms with Crippen LogP contribution in [-0.4, -0.2) is 21.0 Å². The highest BCUT2D eigenvalue weighted by molar-refractivity contribution is 6.30. The molecule has 0 atom stereocenters. The average Bonchev–Trinajstić information content (AvgIpc) is 2.68. The molecule has 0 aliphatic rings. The highest BCUT2D eigenvalue weighted by Gasteiger charge is 2.16. The van der Waals surface area contributed by atoms with Crippen molar-refractivity contribution in [2.24, 2.45) is 4.99 Å². The van der Waals surface area contributed by atoms with Crippen LogP contribution in [0.3, 0.4) is 0 Å². The Hall–Kier alpha value is -3.57. The van der Waals surface area contributed by atoms with Gasteiger partial charge in [-0.15, -0.1) is 0 Å². The molecule has 0 fully saturated rings. The first-order valence-electron chi connectivity index (χ1n) is 8.50. The predicted molar refractivity (Wildman–Crippen MR) is 112 cm³/mol. The third kappa shape index (κ3) is 3.23. The first-order valence-corrected chi connectivity index (χ1v) is 8.88. The number of hydrogen-bond acceptors (Lipinski definition) is 4. The number of aliphatic imine (C=N–C) groups is 1. The molecule has 0 unspecified atom stereocenters. The van der Waals surface area contributed by atoms with Gasteiger partial charge in [-0.25, -0.2) is 4.57 Å². The molecular formula is C22H15ClN2O3. The molecule has 0 spiro atoms. The lowest BCUT2D eigenvalue weighted by molar-refractivity contribution is 0.436. The van der Waals surface area contributed by atoms with Crippen molar-refractivity contribution in [1.82, 2.24) is 4.57 Å². The summed E-state index contributed by atoms with van der Waals surface area (Å²) in [6.45, 7) is 0. The molecule has 1 heterocycles. The minimum absolute atomic E-state index is 0.0904. The summed E-state index contributed by atoms with van der Waals surface area (Å²) >= 11 is 6.07. The number of pyridine rings is 1. The molecule has 28 heavy (non-hydrogen) atoms. The number of phenols is 1. The molecule has 0 aliphatic carbocycles. The Morgan fingerprint density at radius 1 is 0.893 bits per heavy atom. The van der Waals surface area contributed by atoms with Crippen LogP contribution in [0.15, 0.2) is 82.6 Å². The summed E-state index contributed by atoms with van der Waals surface area (Å²) in [6.07, 6.45) is 1.48. The van der Waals surface area contributed by atoms with Crippen molar-refractivity contribution in [2.45, 2.75) is 0 Å². The van der Waals surface area contributed by atoms with Gasteiger partial charge < -0.3 is 10.2 Å². The number of fused-ring (bicyclic) bond motifs is 1. The zero-order chi connectivity index (χ0) is 19.7. The lowest BCUT2D eigenvalue weighted by atomic mass is 10.1. The van der Waals surface area contributed by atoms with Crippen LogP contribution in [0.2, 0.25) is 5.02 Å². The number of benzene rings is 3. The molecule has 6 heteroatoms. The van der Waals surface area contributed by atoms with Gasteiger partial charge in [0.05, 0.1) is 16.9 Å². The topological polar surface area (TPSA) is 74.8 Å². The SMILES string of the molecule is O=c1c2ccccc2c(C=Nc2cccc(O)c2)c(O)n1-c1cccc(Cl)c1. The highest BCUT2D eigenvalue weighted by Crippen LogP contribution is 2.28. The first kappa shape index (κ1) is 17.8. The van der Waals surface area contributed by atoms with Crippen LogP contribution in [0.4, 0.5) is 5.69 Å². The number of hydrogen-bond donors (Lipinski definition) is 2. The first-order chi connectivity index (χ1) is 13.5. The fourth-order valence-electron chi connectivity index (χ4n) is 3.06. The molecule has 0 saturated heterocycles. The molecule has 4 aromatic rings. The van der Waals surface area contributed by atoms with Gasteiger partial charge in [0.25, 0.3) is 5.56 Å². The second-order valence-corrected chi connectivity index (χ2v) is 6.62. The molecule has 1 aromatic heterocycles. The molecular weight excluding hydrogens is 376 g/mol. The maximum Gasteiger partial charge on any atom is 0.265 e. The number of phenolic OH excluding ortho intramolecular Hbond substituents is 1. The van der Waals surface area contributed by atoms with E-state index in [2.05, 4.69) is 4.99 Å². The number of rotatable bonds is 3. The van der Waals surface area contributed by atoms with Crippen molar-refractivity contribution in [3.63, 3.8) is 0 Å². The van der Waals surface area contributed by atoms with E-state index in [1.54, 1.807) is 66.7 Å². The molecule has 3 aromatic carbocycles. The van der Waals surface area contributed by atoms with Gasteiger partial charge in [0.1, 0.15) is 5.75 Å². The number of aromatic hydroxyl groups is 2. The molecule has 0 aliphatic heterocycles. The highest BCUT2D eigenvalue weighted by atomic mass is 35.5. The summed E-state index contributed by atoms with van der Waals surface area (Å²) in [6, 6.07) is 20.1. The van der Waals surface area contributed by atoms with Crippen LogP contribution < -0.4 is 5.56 Å². The van der Waals surface area contributed by atoms with Crippen LogP contribution in [0.1, 0.15) is 5.56 Å². The van der Waals surface area contributed by atoms with E-state index in [0.29, 0.717) is 32.7 Å². The van der Waals surface area contributed by atoms with Crippen molar-refractivity contribution in [3.05, 3.63) is 93.7 Å². The molecule has 0 radical (unpaired) electrons. The van der Waals surface area contributed by atoms with Gasteiger partial charge in [0, 0.05) is 28.1 Å². The van der Waals surface area contributed by atoms with Crippen LogP contribution in [0.5, 0.6) is 11.6 Å². The second kappa shape index (κ2) is 7.21. The van der Waals surface area contributed by atoms with Crippen molar-refractivity contribution in [1.29, 1.82) is 0 Å². The molecule has 5 nitrogen and oxygen atoms in total. The summed E-state index contributed by atoms with van der Waals surface area (Å²) in [5.74, 6) is -0.150. The van der Waals surface area contributed by atoms with Gasteiger partial charge in [-0.05, 0) is 36.4 Å². The molecule has 0 saturated carbocycles. The van der Waals surface area contributed by atoms with Gasteiger partial charge in [-0.3, -0.25) is 9.79 Å². The Morgan fingerprint density at radius 2 is 1.64 bits per heavy atom. The number of nitrogens with zero attached hydrogens (tertiary/aromatic N) is 2. The van der Waals surface area contributed by atoms with E-state index in [1.165, 1.54) is 16.8 Å². The number of halogens is 1. The smallest absolute Gasteiger partial charge is 0.265 e. The van der Waals surface area contributed by atoms with Crippen LogP contribution in [0, 0.1) is 0 Å². The molecule has 0 bridgehead atoms. The monoisotopic (exact) mass is 390 g/mol. The van der Waals surface area contributed by atoms with E-state index >= 15 is 0 Å². The fourth-order valence-corrected chi connectivity index (χ4v) is 3.24. The summed E-state index contributed by atoms with van der Waals surface area (Å²) in [4.78, 5) is 17.4. The number of aromatic nitrogens is 1. The quantitative estimate of drug-likeness (QED) is 0.493. The second-order valence-electron chi connectivity index (χ2n) is 6.18. The predicted octanol–water partition coefficient (Wildman–Crippen LogP) is 4.81. The van der Waals surface area contributed by atoms with Crippen molar-refractivity contribution in [3.8, 4) is 17.3 Å². The minimum atomic E-state index is -0.357.